The maximum atomic E-state index is 12.7. The van der Waals surface area contributed by atoms with Gasteiger partial charge in [-0.25, -0.2) is 0 Å². The summed E-state index contributed by atoms with van der Waals surface area (Å²) in [6.45, 7) is 4.16. The van der Waals surface area contributed by atoms with Crippen LogP contribution in [0.2, 0.25) is 0 Å². The molecule has 116 valence electrons. The van der Waals surface area contributed by atoms with Crippen molar-refractivity contribution in [2.45, 2.75) is 51.9 Å². The molecular weight excluding hydrogens is 270 g/mol. The molecule has 1 unspecified atom stereocenters. The van der Waals surface area contributed by atoms with Gasteiger partial charge in [0, 0.05) is 11.5 Å². The van der Waals surface area contributed by atoms with Crippen LogP contribution in [0.5, 0.6) is 0 Å². The summed E-state index contributed by atoms with van der Waals surface area (Å²) < 4.78 is 0. The first-order valence-electron chi connectivity index (χ1n) is 8.37. The molecule has 0 saturated heterocycles. The molecule has 1 saturated carbocycles. The number of allylic oxidation sites excluding steroid dienone is 3. The second-order valence-electron chi connectivity index (χ2n) is 6.70. The van der Waals surface area contributed by atoms with Gasteiger partial charge in [0.25, 0.3) is 0 Å². The summed E-state index contributed by atoms with van der Waals surface area (Å²) in [5, 5.41) is 0. The van der Waals surface area contributed by atoms with Crippen molar-refractivity contribution in [3.8, 4) is 0 Å². The zero-order valence-corrected chi connectivity index (χ0v) is 13.6. The van der Waals surface area contributed by atoms with Gasteiger partial charge in [-0.1, -0.05) is 55.2 Å². The van der Waals surface area contributed by atoms with Crippen LogP contribution in [0.15, 0.2) is 52.7 Å². The van der Waals surface area contributed by atoms with Gasteiger partial charge in [0.05, 0.1) is 5.70 Å². The fraction of sp³-hybridized carbons (Fsp3) is 0.450. The zero-order chi connectivity index (χ0) is 15.7. The number of nitrogens with two attached hydrogens (primary N) is 1. The Labute approximate surface area is 133 Å². The Morgan fingerprint density at radius 3 is 2.36 bits per heavy atom. The van der Waals surface area contributed by atoms with Gasteiger partial charge >= 0.3 is 0 Å². The van der Waals surface area contributed by atoms with Gasteiger partial charge in [0.2, 0.25) is 5.78 Å². The Balaban J connectivity index is 2.06. The highest BCUT2D eigenvalue weighted by molar-refractivity contribution is 6.13. The highest BCUT2D eigenvalue weighted by Gasteiger charge is 2.37. The normalized spacial score (nSPS) is 25.7. The number of rotatable bonds is 2. The summed E-state index contributed by atoms with van der Waals surface area (Å²) in [6, 6.07) is 10.3. The Morgan fingerprint density at radius 2 is 1.73 bits per heavy atom. The Bertz CT molecular complexity index is 633. The molecule has 1 fully saturated rings. The molecule has 2 N–H and O–H groups in total. The molecule has 2 aliphatic rings. The zero-order valence-electron chi connectivity index (χ0n) is 13.6. The first-order chi connectivity index (χ1) is 10.6. The van der Waals surface area contributed by atoms with E-state index in [4.69, 9.17) is 5.73 Å². The largest absolute Gasteiger partial charge is 0.396 e. The summed E-state index contributed by atoms with van der Waals surface area (Å²) in [4.78, 5) is 12.7. The summed E-state index contributed by atoms with van der Waals surface area (Å²) in [5.74, 6) is 0.669. The van der Waals surface area contributed by atoms with Crippen LogP contribution in [0.1, 0.15) is 57.4 Å². The van der Waals surface area contributed by atoms with Crippen molar-refractivity contribution in [1.82, 2.24) is 0 Å². The topological polar surface area (TPSA) is 43.1 Å². The third-order valence-corrected chi connectivity index (χ3v) is 5.41. The summed E-state index contributed by atoms with van der Waals surface area (Å²) in [7, 11) is 0. The van der Waals surface area contributed by atoms with Crippen molar-refractivity contribution in [3.05, 3.63) is 58.3 Å². The molecule has 2 heteroatoms. The number of carbonyl (C=O) groups excluding carboxylic acids is 1. The van der Waals surface area contributed by atoms with Gasteiger partial charge in [-0.3, -0.25) is 4.79 Å². The van der Waals surface area contributed by atoms with Crippen LogP contribution in [0.4, 0.5) is 0 Å². The van der Waals surface area contributed by atoms with E-state index in [9.17, 15) is 4.79 Å². The van der Waals surface area contributed by atoms with Crippen LogP contribution in [0.3, 0.4) is 0 Å². The van der Waals surface area contributed by atoms with Gasteiger partial charge in [-0.05, 0) is 43.7 Å². The smallest absolute Gasteiger partial charge is 0.205 e. The van der Waals surface area contributed by atoms with Gasteiger partial charge in [0.1, 0.15) is 0 Å². The number of carbonyl (C=O) groups is 1. The molecule has 0 heterocycles. The molecule has 1 aromatic carbocycles. The SMILES string of the molecule is CC1=C(N)C(=O)/C(=C(/C)C2CCCCC2)C1c1ccccc1. The Kier molecular flexibility index (Phi) is 4.19. The second kappa shape index (κ2) is 6.12. The number of benzene rings is 1. The predicted molar refractivity (Wildman–Crippen MR) is 90.4 cm³/mol. The number of ketones is 1. The molecule has 22 heavy (non-hydrogen) atoms. The number of Topliss-reactive ketones (excluding diaryl/α,β-unsaturated/α-hetero) is 1. The molecule has 2 aliphatic carbocycles. The molecule has 1 atom stereocenters. The quantitative estimate of drug-likeness (QED) is 0.817. The predicted octanol–water partition coefficient (Wildman–Crippen LogP) is 4.48. The van der Waals surface area contributed by atoms with Gasteiger partial charge in [0.15, 0.2) is 0 Å². The maximum absolute atomic E-state index is 12.7. The standard InChI is InChI=1S/C20H25NO/c1-13(15-9-5-3-6-10-15)18-17(14(2)19(21)20(18)22)16-11-7-4-8-12-16/h4,7-8,11-12,15,17H,3,5-6,9-10,21H2,1-2H3/b18-13-. The fourth-order valence-electron chi connectivity index (χ4n) is 4.05. The van der Waals surface area contributed by atoms with E-state index >= 15 is 0 Å². The first kappa shape index (κ1) is 15.1. The molecule has 2 nitrogen and oxygen atoms in total. The van der Waals surface area contributed by atoms with Crippen LogP contribution in [-0.4, -0.2) is 5.78 Å². The lowest BCUT2D eigenvalue weighted by atomic mass is 9.78. The Hall–Kier alpha value is -1.83. The summed E-state index contributed by atoms with van der Waals surface area (Å²) in [5.41, 5.74) is 11.0. The molecule has 0 bridgehead atoms. The van der Waals surface area contributed by atoms with Crippen molar-refractivity contribution in [2.24, 2.45) is 11.7 Å². The van der Waals surface area contributed by atoms with Crippen molar-refractivity contribution >= 4 is 5.78 Å². The summed E-state index contributed by atoms with van der Waals surface area (Å²) >= 11 is 0. The van der Waals surface area contributed by atoms with Crippen LogP contribution in [0.25, 0.3) is 0 Å². The van der Waals surface area contributed by atoms with E-state index in [1.807, 2.05) is 25.1 Å². The van der Waals surface area contributed by atoms with Gasteiger partial charge < -0.3 is 5.73 Å². The molecular formula is C20H25NO. The van der Waals surface area contributed by atoms with E-state index in [2.05, 4.69) is 19.1 Å². The number of hydrogen-bond donors (Lipinski definition) is 1. The molecule has 0 aliphatic heterocycles. The minimum absolute atomic E-state index is 0.0515. The fourth-order valence-corrected chi connectivity index (χ4v) is 4.05. The van der Waals surface area contributed by atoms with Gasteiger partial charge in [-0.2, -0.15) is 0 Å². The van der Waals surface area contributed by atoms with E-state index in [1.165, 1.54) is 43.2 Å². The Morgan fingerprint density at radius 1 is 1.09 bits per heavy atom. The van der Waals surface area contributed by atoms with Crippen molar-refractivity contribution in [3.63, 3.8) is 0 Å². The van der Waals surface area contributed by atoms with E-state index in [0.717, 1.165) is 11.1 Å². The van der Waals surface area contributed by atoms with Crippen molar-refractivity contribution < 1.29 is 4.79 Å². The van der Waals surface area contributed by atoms with Crippen LogP contribution < -0.4 is 5.73 Å². The molecule has 0 spiro atoms. The maximum Gasteiger partial charge on any atom is 0.205 e. The minimum Gasteiger partial charge on any atom is -0.396 e. The lowest BCUT2D eigenvalue weighted by molar-refractivity contribution is -0.112. The average Bonchev–Trinajstić information content (AvgIpc) is 2.80. The lowest BCUT2D eigenvalue weighted by Crippen LogP contribution is -2.16. The summed E-state index contributed by atoms with van der Waals surface area (Å²) in [6.07, 6.45) is 6.31. The second-order valence-corrected chi connectivity index (χ2v) is 6.70. The molecule has 1 aromatic rings. The van der Waals surface area contributed by atoms with Gasteiger partial charge in [-0.15, -0.1) is 0 Å². The molecule has 0 amide bonds. The van der Waals surface area contributed by atoms with E-state index in [1.54, 1.807) is 0 Å². The van der Waals surface area contributed by atoms with Crippen LogP contribution in [0, 0.1) is 5.92 Å². The van der Waals surface area contributed by atoms with E-state index < -0.39 is 0 Å². The highest BCUT2D eigenvalue weighted by atomic mass is 16.1. The van der Waals surface area contributed by atoms with Crippen molar-refractivity contribution in [1.29, 1.82) is 0 Å². The van der Waals surface area contributed by atoms with Crippen molar-refractivity contribution in [2.75, 3.05) is 0 Å². The highest BCUT2D eigenvalue weighted by Crippen LogP contribution is 2.44. The van der Waals surface area contributed by atoms with E-state index in [-0.39, 0.29) is 11.7 Å². The third-order valence-electron chi connectivity index (χ3n) is 5.41. The monoisotopic (exact) mass is 295 g/mol. The first-order valence-corrected chi connectivity index (χ1v) is 8.37. The average molecular weight is 295 g/mol. The van der Waals surface area contributed by atoms with Crippen LogP contribution in [-0.2, 0) is 4.79 Å². The third kappa shape index (κ3) is 2.51. The van der Waals surface area contributed by atoms with Crippen LogP contribution >= 0.6 is 0 Å². The molecule has 0 aromatic heterocycles. The lowest BCUT2D eigenvalue weighted by Gasteiger charge is -2.26. The molecule has 0 radical (unpaired) electrons. The number of hydrogen-bond acceptors (Lipinski definition) is 2. The van der Waals surface area contributed by atoms with E-state index in [0.29, 0.717) is 11.6 Å². The minimum atomic E-state index is 0.0515. The molecule has 3 rings (SSSR count).